The smallest absolute Gasteiger partial charge is 0.322 e. The van der Waals surface area contributed by atoms with E-state index in [4.69, 9.17) is 15.5 Å². The maximum Gasteiger partial charge on any atom is 0.322 e. The largest absolute Gasteiger partial charge is 0.406 e. The highest BCUT2D eigenvalue weighted by molar-refractivity contribution is 7.03. The summed E-state index contributed by atoms with van der Waals surface area (Å²) >= 11 is 5.82. The Kier molecular flexibility index (Phi) is 7.93. The molecule has 0 bridgehead atoms. The van der Waals surface area contributed by atoms with Crippen molar-refractivity contribution in [3.8, 4) is 0 Å². The first-order chi connectivity index (χ1) is 4.81. The number of hydrogen-bond donors (Lipinski definition) is 0. The summed E-state index contributed by atoms with van der Waals surface area (Å²) in [4.78, 5) is 0. The van der Waals surface area contributed by atoms with E-state index < -0.39 is 8.35 Å². The third-order valence-corrected chi connectivity index (χ3v) is 3.67. The molecule has 3 heteroatoms. The molecule has 0 atom stereocenters. The van der Waals surface area contributed by atoms with Gasteiger partial charge in [-0.05, 0) is 6.04 Å². The van der Waals surface area contributed by atoms with Crippen molar-refractivity contribution in [3.63, 3.8) is 0 Å². The molecule has 0 saturated heterocycles. The zero-order valence-corrected chi connectivity index (χ0v) is 8.58. The molecule has 0 amide bonds. The molecule has 0 N–H and O–H groups in total. The van der Waals surface area contributed by atoms with Gasteiger partial charge in [0.05, 0.1) is 0 Å². The number of hydrogen-bond acceptors (Lipinski definition) is 1. The van der Waals surface area contributed by atoms with Crippen molar-refractivity contribution in [2.75, 3.05) is 7.11 Å². The van der Waals surface area contributed by atoms with Gasteiger partial charge in [-0.1, -0.05) is 32.6 Å². The fourth-order valence-electron chi connectivity index (χ4n) is 0.793. The second kappa shape index (κ2) is 7.57. The molecule has 0 spiro atoms. The van der Waals surface area contributed by atoms with Crippen LogP contribution in [0.5, 0.6) is 0 Å². The molecule has 0 aromatic rings. The highest BCUT2D eigenvalue weighted by Gasteiger charge is 2.05. The van der Waals surface area contributed by atoms with E-state index >= 15 is 0 Å². The molecule has 0 saturated carbocycles. The first-order valence-electron chi connectivity index (χ1n) is 3.86. The van der Waals surface area contributed by atoms with Crippen LogP contribution in [0.1, 0.15) is 32.6 Å². The average molecular weight is 180 g/mol. The minimum absolute atomic E-state index is 0.937. The summed E-state index contributed by atoms with van der Waals surface area (Å²) in [6.45, 7) is 2.21. The Hall–Kier alpha value is 0.467. The van der Waals surface area contributed by atoms with Gasteiger partial charge in [0.1, 0.15) is 0 Å². The maximum atomic E-state index is 5.82. The zero-order valence-electron chi connectivity index (χ0n) is 6.82. The quantitative estimate of drug-likeness (QED) is 0.346. The average Bonchev–Trinajstić information content (AvgIpc) is 1.98. The maximum absolute atomic E-state index is 5.82. The van der Waals surface area contributed by atoms with Gasteiger partial charge >= 0.3 is 8.35 Å². The van der Waals surface area contributed by atoms with Crippen LogP contribution in [-0.4, -0.2) is 15.5 Å². The van der Waals surface area contributed by atoms with Crippen molar-refractivity contribution in [1.82, 2.24) is 0 Å². The van der Waals surface area contributed by atoms with Crippen LogP contribution >= 0.6 is 11.1 Å². The van der Waals surface area contributed by atoms with Crippen LogP contribution in [0.4, 0.5) is 0 Å². The van der Waals surface area contributed by atoms with Gasteiger partial charge < -0.3 is 4.43 Å². The Labute approximate surface area is 70.2 Å². The molecule has 0 aromatic carbocycles. The van der Waals surface area contributed by atoms with Crippen molar-refractivity contribution in [3.05, 3.63) is 0 Å². The first-order valence-corrected chi connectivity index (χ1v) is 6.49. The lowest BCUT2D eigenvalue weighted by atomic mass is 10.2. The van der Waals surface area contributed by atoms with E-state index in [0.29, 0.717) is 0 Å². The minimum Gasteiger partial charge on any atom is -0.406 e. The summed E-state index contributed by atoms with van der Waals surface area (Å²) in [5, 5.41) is 0. The molecular weight excluding hydrogens is 164 g/mol. The summed E-state index contributed by atoms with van der Waals surface area (Å²) in [7, 11) is 0.758. The van der Waals surface area contributed by atoms with Crippen molar-refractivity contribution >= 4 is 19.4 Å². The van der Waals surface area contributed by atoms with Crippen molar-refractivity contribution < 1.29 is 4.43 Å². The normalized spacial score (nSPS) is 10.8. The monoisotopic (exact) mass is 179 g/mol. The molecule has 0 fully saturated rings. The predicted molar refractivity (Wildman–Crippen MR) is 47.6 cm³/mol. The van der Waals surface area contributed by atoms with Gasteiger partial charge in [0.2, 0.25) is 0 Å². The fourth-order valence-corrected chi connectivity index (χ4v) is 1.93. The highest BCUT2D eigenvalue weighted by atomic mass is 35.6. The molecule has 0 aliphatic heterocycles. The van der Waals surface area contributed by atoms with E-state index in [1.54, 1.807) is 7.11 Å². The molecule has 0 unspecified atom stereocenters. The van der Waals surface area contributed by atoms with E-state index in [-0.39, 0.29) is 0 Å². The van der Waals surface area contributed by atoms with Gasteiger partial charge in [-0.15, -0.1) is 11.1 Å². The topological polar surface area (TPSA) is 9.23 Å². The molecule has 0 rings (SSSR count). The van der Waals surface area contributed by atoms with Gasteiger partial charge in [-0.25, -0.2) is 0 Å². The highest BCUT2D eigenvalue weighted by Crippen LogP contribution is 2.08. The minimum atomic E-state index is -0.937. The molecule has 61 valence electrons. The Bertz CT molecular complexity index is 70.6. The van der Waals surface area contributed by atoms with Gasteiger partial charge in [-0.2, -0.15) is 0 Å². The fraction of sp³-hybridized carbons (Fsp3) is 1.00. The SMILES string of the molecule is CCCCCC[Si](Cl)OC. The second-order valence-electron chi connectivity index (χ2n) is 2.37. The van der Waals surface area contributed by atoms with Gasteiger partial charge in [-0.3, -0.25) is 0 Å². The predicted octanol–water partition coefficient (Wildman–Crippen LogP) is 2.94. The van der Waals surface area contributed by atoms with Gasteiger partial charge in [0.25, 0.3) is 0 Å². The molecule has 10 heavy (non-hydrogen) atoms. The van der Waals surface area contributed by atoms with Crippen LogP contribution in [-0.2, 0) is 4.43 Å². The van der Waals surface area contributed by atoms with Crippen molar-refractivity contribution in [1.29, 1.82) is 0 Å². The summed E-state index contributed by atoms with van der Waals surface area (Å²) in [5.74, 6) is 0. The van der Waals surface area contributed by atoms with Crippen LogP contribution in [0.25, 0.3) is 0 Å². The number of rotatable bonds is 6. The lowest BCUT2D eigenvalue weighted by Gasteiger charge is -2.01. The number of unbranched alkanes of at least 4 members (excludes halogenated alkanes) is 3. The van der Waals surface area contributed by atoms with Crippen molar-refractivity contribution in [2.24, 2.45) is 0 Å². The van der Waals surface area contributed by atoms with E-state index in [2.05, 4.69) is 6.92 Å². The Balaban J connectivity index is 2.89. The second-order valence-corrected chi connectivity index (χ2v) is 5.25. The molecule has 0 aromatic heterocycles. The lowest BCUT2D eigenvalue weighted by Crippen LogP contribution is -2.05. The van der Waals surface area contributed by atoms with Crippen LogP contribution in [0.2, 0.25) is 6.04 Å². The van der Waals surface area contributed by atoms with Crippen LogP contribution < -0.4 is 0 Å². The van der Waals surface area contributed by atoms with Crippen LogP contribution in [0.3, 0.4) is 0 Å². The standard InChI is InChI=1S/C7H16ClOSi/c1-3-4-5-6-7-10(8)9-2/h3-7H2,1-2H3. The number of halogens is 1. The van der Waals surface area contributed by atoms with E-state index in [9.17, 15) is 0 Å². The molecule has 0 heterocycles. The van der Waals surface area contributed by atoms with Crippen molar-refractivity contribution in [2.45, 2.75) is 38.7 Å². The van der Waals surface area contributed by atoms with Crippen LogP contribution in [0.15, 0.2) is 0 Å². The zero-order chi connectivity index (χ0) is 7.82. The van der Waals surface area contributed by atoms with E-state index in [1.165, 1.54) is 25.7 Å². The van der Waals surface area contributed by atoms with Gasteiger partial charge in [0.15, 0.2) is 0 Å². The Morgan fingerprint density at radius 1 is 1.30 bits per heavy atom. The molecule has 1 radical (unpaired) electrons. The van der Waals surface area contributed by atoms with E-state index in [0.717, 1.165) is 6.04 Å². The summed E-state index contributed by atoms with van der Waals surface area (Å²) < 4.78 is 5.00. The van der Waals surface area contributed by atoms with Gasteiger partial charge in [0, 0.05) is 7.11 Å². The molecule has 0 aliphatic rings. The first kappa shape index (κ1) is 10.5. The molecule has 1 nitrogen and oxygen atoms in total. The lowest BCUT2D eigenvalue weighted by molar-refractivity contribution is 0.431. The third-order valence-electron chi connectivity index (χ3n) is 1.45. The molecular formula is C7H16ClOSi. The van der Waals surface area contributed by atoms with E-state index in [1.807, 2.05) is 0 Å². The van der Waals surface area contributed by atoms with Crippen LogP contribution in [0, 0.1) is 0 Å². The third kappa shape index (κ3) is 6.58. The molecule has 0 aliphatic carbocycles. The Morgan fingerprint density at radius 2 is 2.00 bits per heavy atom. The summed E-state index contributed by atoms with van der Waals surface area (Å²) in [5.41, 5.74) is 0. The summed E-state index contributed by atoms with van der Waals surface area (Å²) in [6, 6.07) is 1.09. The summed E-state index contributed by atoms with van der Waals surface area (Å²) in [6.07, 6.45) is 5.16. The Morgan fingerprint density at radius 3 is 2.50 bits per heavy atom.